The van der Waals surface area contributed by atoms with Crippen LogP contribution in [0.15, 0.2) is 0 Å². The average molecular weight is 123 g/mol. The van der Waals surface area contributed by atoms with Crippen LogP contribution in [0.2, 0.25) is 0 Å². The highest BCUT2D eigenvalue weighted by Crippen LogP contribution is 2.28. The second kappa shape index (κ2) is 4.47. The van der Waals surface area contributed by atoms with E-state index in [-0.39, 0.29) is 12.7 Å². The first-order valence-electron chi connectivity index (χ1n) is 1.99. The van der Waals surface area contributed by atoms with Crippen molar-refractivity contribution in [3.05, 3.63) is 0 Å². The molecule has 0 amide bonds. The Morgan fingerprint density at radius 3 is 1.71 bits per heavy atom. The Labute approximate surface area is 43.9 Å². The van der Waals surface area contributed by atoms with Gasteiger partial charge in [-0.05, 0) is 7.92 Å². The molecule has 0 heterocycles. The Hall–Kier alpha value is 0.310. The summed E-state index contributed by atoms with van der Waals surface area (Å²) >= 11 is 0. The molecule has 0 aliphatic carbocycles. The van der Waals surface area contributed by atoms with Crippen molar-refractivity contribution < 1.29 is 10.2 Å². The minimum absolute atomic E-state index is 0.0440. The molecule has 0 saturated heterocycles. The van der Waals surface area contributed by atoms with E-state index in [9.17, 15) is 0 Å². The van der Waals surface area contributed by atoms with Gasteiger partial charge in [0.05, 0.1) is 12.7 Å². The fourth-order valence-corrected chi connectivity index (χ4v) is 0.481. The lowest BCUT2D eigenvalue weighted by Gasteiger charge is -2.04. The molecule has 0 radical (unpaired) electrons. The van der Waals surface area contributed by atoms with Crippen molar-refractivity contribution in [2.24, 2.45) is 5.73 Å². The van der Waals surface area contributed by atoms with Crippen molar-refractivity contribution in [3.8, 4) is 0 Å². The van der Waals surface area contributed by atoms with Crippen LogP contribution in [0.5, 0.6) is 0 Å². The van der Waals surface area contributed by atoms with Crippen molar-refractivity contribution in [2.45, 2.75) is 0 Å². The average Bonchev–Trinajstić information content (AvgIpc) is 1.72. The molecule has 0 atom stereocenters. The summed E-state index contributed by atoms with van der Waals surface area (Å²) in [6.45, 7) is 0. The normalized spacial score (nSPS) is 10.3. The van der Waals surface area contributed by atoms with E-state index in [0.717, 1.165) is 0 Å². The maximum Gasteiger partial charge on any atom is 0.0658 e. The largest absolute Gasteiger partial charge is 0.392 e. The Kier molecular flexibility index (Phi) is 4.67. The van der Waals surface area contributed by atoms with Crippen LogP contribution in [0, 0.1) is 0 Å². The van der Waals surface area contributed by atoms with E-state index in [1.807, 2.05) is 0 Å². The zero-order chi connectivity index (χ0) is 5.70. The summed E-state index contributed by atoms with van der Waals surface area (Å²) in [7, 11) is -0.665. The van der Waals surface area contributed by atoms with Crippen molar-refractivity contribution in [1.29, 1.82) is 0 Å². The minimum Gasteiger partial charge on any atom is -0.392 e. The van der Waals surface area contributed by atoms with Crippen LogP contribution < -0.4 is 5.73 Å². The number of hydrogen-bond donors (Lipinski definition) is 3. The molecule has 44 valence electrons. The van der Waals surface area contributed by atoms with Crippen LogP contribution in [-0.4, -0.2) is 29.2 Å². The zero-order valence-electron chi connectivity index (χ0n) is 4.04. The number of hydrogen-bond acceptors (Lipinski definition) is 3. The topological polar surface area (TPSA) is 66.5 Å². The third-order valence-corrected chi connectivity index (χ3v) is 1.97. The second-order valence-electron chi connectivity index (χ2n) is 1.14. The van der Waals surface area contributed by atoms with Gasteiger partial charge in [0, 0.05) is 6.29 Å². The van der Waals surface area contributed by atoms with Crippen LogP contribution in [-0.2, 0) is 0 Å². The summed E-state index contributed by atoms with van der Waals surface area (Å²) in [5.41, 5.74) is 5.10. The van der Waals surface area contributed by atoms with E-state index < -0.39 is 7.92 Å². The Morgan fingerprint density at radius 2 is 1.71 bits per heavy atom. The third-order valence-electron chi connectivity index (χ3n) is 0.658. The second-order valence-corrected chi connectivity index (χ2v) is 3.41. The number of aliphatic hydroxyl groups excluding tert-OH is 2. The molecule has 0 unspecified atom stereocenters. The van der Waals surface area contributed by atoms with Gasteiger partial charge in [0.15, 0.2) is 0 Å². The molecule has 0 spiro atoms. The van der Waals surface area contributed by atoms with E-state index in [0.29, 0.717) is 6.29 Å². The molecule has 0 bridgehead atoms. The standard InChI is InChI=1S/C3H10NO2P/c4-1-7(2-5)3-6/h5-6H,1-4H2. The van der Waals surface area contributed by atoms with Gasteiger partial charge in [0.1, 0.15) is 0 Å². The molecule has 3 nitrogen and oxygen atoms in total. The monoisotopic (exact) mass is 123 g/mol. The molecule has 0 fully saturated rings. The van der Waals surface area contributed by atoms with E-state index in [1.54, 1.807) is 0 Å². The smallest absolute Gasteiger partial charge is 0.0658 e. The summed E-state index contributed by atoms with van der Waals surface area (Å²) in [5, 5.41) is 16.6. The lowest BCUT2D eigenvalue weighted by atomic mass is 11.5. The fourth-order valence-electron chi connectivity index (χ4n) is 0.160. The van der Waals surface area contributed by atoms with Crippen molar-refractivity contribution in [2.75, 3.05) is 19.0 Å². The predicted molar refractivity (Wildman–Crippen MR) is 30.1 cm³/mol. The van der Waals surface area contributed by atoms with Crippen molar-refractivity contribution in [3.63, 3.8) is 0 Å². The Bertz CT molecular complexity index is 34.4. The number of aliphatic hydroxyl groups is 2. The van der Waals surface area contributed by atoms with Gasteiger partial charge >= 0.3 is 0 Å². The van der Waals surface area contributed by atoms with Gasteiger partial charge in [-0.1, -0.05) is 0 Å². The van der Waals surface area contributed by atoms with Gasteiger partial charge in [-0.15, -0.1) is 0 Å². The zero-order valence-corrected chi connectivity index (χ0v) is 4.93. The molecule has 0 aliphatic heterocycles. The summed E-state index contributed by atoms with van der Waals surface area (Å²) in [6, 6.07) is 0. The first-order valence-corrected chi connectivity index (χ1v) is 3.89. The van der Waals surface area contributed by atoms with Gasteiger partial charge in [-0.3, -0.25) is 0 Å². The minimum atomic E-state index is -0.665. The highest BCUT2D eigenvalue weighted by Gasteiger charge is 1.97. The van der Waals surface area contributed by atoms with Crippen LogP contribution in [0.25, 0.3) is 0 Å². The molecule has 7 heavy (non-hydrogen) atoms. The highest BCUT2D eigenvalue weighted by molar-refractivity contribution is 7.57. The summed E-state index contributed by atoms with van der Waals surface area (Å²) in [6.07, 6.45) is 0.507. The maximum absolute atomic E-state index is 8.31. The van der Waals surface area contributed by atoms with Crippen LogP contribution in [0.1, 0.15) is 0 Å². The lowest BCUT2D eigenvalue weighted by molar-refractivity contribution is 0.343. The number of rotatable bonds is 3. The summed E-state index contributed by atoms with van der Waals surface area (Å²) in [5.74, 6) is 0. The van der Waals surface area contributed by atoms with Gasteiger partial charge in [0.2, 0.25) is 0 Å². The van der Waals surface area contributed by atoms with Gasteiger partial charge in [-0.2, -0.15) is 0 Å². The van der Waals surface area contributed by atoms with Gasteiger partial charge < -0.3 is 15.9 Å². The Balaban J connectivity index is 2.99. The molecule has 4 heteroatoms. The van der Waals surface area contributed by atoms with E-state index in [4.69, 9.17) is 15.9 Å². The molecule has 4 N–H and O–H groups in total. The van der Waals surface area contributed by atoms with Crippen molar-refractivity contribution >= 4 is 7.92 Å². The fraction of sp³-hybridized carbons (Fsp3) is 1.00. The van der Waals surface area contributed by atoms with Gasteiger partial charge in [0.25, 0.3) is 0 Å². The summed E-state index contributed by atoms with van der Waals surface area (Å²) in [4.78, 5) is 0. The quantitative estimate of drug-likeness (QED) is 0.434. The predicted octanol–water partition coefficient (Wildman–Crippen LogP) is -0.716. The highest BCUT2D eigenvalue weighted by atomic mass is 31.1. The van der Waals surface area contributed by atoms with Crippen molar-refractivity contribution in [1.82, 2.24) is 0 Å². The van der Waals surface area contributed by atoms with Crippen LogP contribution in [0.4, 0.5) is 0 Å². The van der Waals surface area contributed by atoms with Crippen LogP contribution >= 0.6 is 7.92 Å². The SMILES string of the molecule is NCP(CO)CO. The van der Waals surface area contributed by atoms with Crippen LogP contribution in [0.3, 0.4) is 0 Å². The molecular weight excluding hydrogens is 113 g/mol. The molecule has 0 aromatic heterocycles. The molecular formula is C3H10NO2P. The number of nitrogens with two attached hydrogens (primary N) is 1. The third kappa shape index (κ3) is 2.94. The van der Waals surface area contributed by atoms with Gasteiger partial charge in [-0.25, -0.2) is 0 Å². The van der Waals surface area contributed by atoms with E-state index in [2.05, 4.69) is 0 Å². The maximum atomic E-state index is 8.31. The first kappa shape index (κ1) is 7.31. The van der Waals surface area contributed by atoms with E-state index >= 15 is 0 Å². The molecule has 0 aliphatic rings. The lowest BCUT2D eigenvalue weighted by Crippen LogP contribution is -2.01. The first-order chi connectivity index (χ1) is 3.35. The summed E-state index contributed by atoms with van der Waals surface area (Å²) < 4.78 is 0. The van der Waals surface area contributed by atoms with E-state index in [1.165, 1.54) is 0 Å². The Morgan fingerprint density at radius 1 is 1.29 bits per heavy atom. The molecule has 0 aromatic carbocycles. The molecule has 0 rings (SSSR count). The molecule has 0 saturated carbocycles. The molecule has 0 aromatic rings.